The van der Waals surface area contributed by atoms with Crippen LogP contribution < -0.4 is 5.32 Å². The minimum atomic E-state index is -0.0274. The zero-order valence-electron chi connectivity index (χ0n) is 13.0. The van der Waals surface area contributed by atoms with E-state index in [0.717, 1.165) is 18.5 Å². The molecule has 4 rings (SSSR count). The lowest BCUT2D eigenvalue weighted by Gasteiger charge is -2.35. The Hall–Kier alpha value is -1.79. The summed E-state index contributed by atoms with van der Waals surface area (Å²) in [4.78, 5) is 14.5. The molecule has 2 unspecified atom stereocenters. The summed E-state index contributed by atoms with van der Waals surface area (Å²) < 4.78 is 5.32. The average Bonchev–Trinajstić information content (AvgIpc) is 3.25. The van der Waals surface area contributed by atoms with E-state index in [2.05, 4.69) is 15.5 Å². The lowest BCUT2D eigenvalue weighted by molar-refractivity contribution is 0.0675. The van der Waals surface area contributed by atoms with Gasteiger partial charge >= 0.3 is 0 Å². The van der Waals surface area contributed by atoms with E-state index in [1.54, 1.807) is 12.3 Å². The van der Waals surface area contributed by atoms with Crippen molar-refractivity contribution >= 4 is 18.3 Å². The van der Waals surface area contributed by atoms with E-state index in [1.165, 1.54) is 12.8 Å². The molecule has 2 fully saturated rings. The highest BCUT2D eigenvalue weighted by Gasteiger charge is 2.36. The van der Waals surface area contributed by atoms with Gasteiger partial charge in [0.2, 0.25) is 0 Å². The van der Waals surface area contributed by atoms with Crippen molar-refractivity contribution < 1.29 is 9.21 Å². The number of piperidine rings is 1. The van der Waals surface area contributed by atoms with Crippen molar-refractivity contribution in [1.82, 2.24) is 20.4 Å². The second kappa shape index (κ2) is 6.37. The Morgan fingerprint density at radius 3 is 2.74 bits per heavy atom. The summed E-state index contributed by atoms with van der Waals surface area (Å²) >= 11 is 0. The first kappa shape index (κ1) is 16.1. The quantitative estimate of drug-likeness (QED) is 0.903. The highest BCUT2D eigenvalue weighted by Crippen LogP contribution is 2.30. The molecule has 2 aromatic rings. The third-order valence-corrected chi connectivity index (χ3v) is 4.90. The van der Waals surface area contributed by atoms with Gasteiger partial charge < -0.3 is 14.6 Å². The predicted molar refractivity (Wildman–Crippen MR) is 88.6 cm³/mol. The van der Waals surface area contributed by atoms with Gasteiger partial charge in [-0.1, -0.05) is 0 Å². The third kappa shape index (κ3) is 3.01. The monoisotopic (exact) mass is 336 g/mol. The molecule has 2 aliphatic heterocycles. The molecular formula is C16H21ClN4O2. The van der Waals surface area contributed by atoms with Gasteiger partial charge in [-0.2, -0.15) is 5.10 Å². The van der Waals surface area contributed by atoms with Gasteiger partial charge in [0.1, 0.15) is 5.69 Å². The number of carbonyl (C=O) groups is 1. The molecule has 2 bridgehead atoms. The Balaban J connectivity index is 0.00000156. The van der Waals surface area contributed by atoms with Crippen LogP contribution in [-0.2, 0) is 0 Å². The van der Waals surface area contributed by atoms with Crippen molar-refractivity contribution in [3.63, 3.8) is 0 Å². The first-order valence-electron chi connectivity index (χ1n) is 7.83. The SMILES string of the molecule is CN(C(=O)c1cc(-c2ccco2)[nH]n1)C1CC2CCC(C1)N2.Cl. The van der Waals surface area contributed by atoms with Gasteiger partial charge in [0.15, 0.2) is 11.5 Å². The van der Waals surface area contributed by atoms with Crippen molar-refractivity contribution in [2.75, 3.05) is 7.05 Å². The molecule has 7 heteroatoms. The molecule has 4 heterocycles. The summed E-state index contributed by atoms with van der Waals surface area (Å²) in [5.74, 6) is 0.662. The van der Waals surface area contributed by atoms with Crippen LogP contribution in [0.25, 0.3) is 11.5 Å². The van der Waals surface area contributed by atoms with Crippen molar-refractivity contribution in [3.8, 4) is 11.5 Å². The van der Waals surface area contributed by atoms with Crippen LogP contribution in [-0.4, -0.2) is 46.2 Å². The molecule has 0 spiro atoms. The van der Waals surface area contributed by atoms with Gasteiger partial charge in [0, 0.05) is 31.2 Å². The molecule has 0 aromatic carbocycles. The second-order valence-electron chi connectivity index (χ2n) is 6.32. The van der Waals surface area contributed by atoms with Crippen LogP contribution in [0.15, 0.2) is 28.9 Å². The largest absolute Gasteiger partial charge is 0.463 e. The average molecular weight is 337 g/mol. The van der Waals surface area contributed by atoms with Gasteiger partial charge in [0.05, 0.1) is 6.26 Å². The number of nitrogens with zero attached hydrogens (tertiary/aromatic N) is 2. The van der Waals surface area contributed by atoms with Gasteiger partial charge in [-0.15, -0.1) is 12.4 Å². The van der Waals surface area contributed by atoms with Gasteiger partial charge in [-0.05, 0) is 37.8 Å². The Labute approximate surface area is 141 Å². The Morgan fingerprint density at radius 2 is 2.09 bits per heavy atom. The highest BCUT2D eigenvalue weighted by molar-refractivity contribution is 5.93. The number of aromatic nitrogens is 2. The zero-order valence-corrected chi connectivity index (χ0v) is 13.8. The molecule has 2 aromatic heterocycles. The third-order valence-electron chi connectivity index (χ3n) is 4.90. The van der Waals surface area contributed by atoms with Gasteiger partial charge in [-0.25, -0.2) is 0 Å². The molecular weight excluding hydrogens is 316 g/mol. The predicted octanol–water partition coefficient (Wildman–Crippen LogP) is 2.45. The lowest BCUT2D eigenvalue weighted by atomic mass is 9.98. The van der Waals surface area contributed by atoms with Crippen LogP contribution >= 0.6 is 12.4 Å². The van der Waals surface area contributed by atoms with Crippen molar-refractivity contribution in [2.24, 2.45) is 0 Å². The number of aromatic amines is 1. The number of carbonyl (C=O) groups excluding carboxylic acids is 1. The zero-order chi connectivity index (χ0) is 15.1. The number of H-pyrrole nitrogens is 1. The maximum atomic E-state index is 12.7. The first-order chi connectivity index (χ1) is 10.7. The number of halogens is 1. The van der Waals surface area contributed by atoms with E-state index in [4.69, 9.17) is 4.42 Å². The smallest absolute Gasteiger partial charge is 0.274 e. The van der Waals surface area contributed by atoms with Crippen LogP contribution in [0.5, 0.6) is 0 Å². The molecule has 124 valence electrons. The molecule has 2 saturated heterocycles. The molecule has 0 saturated carbocycles. The number of amides is 1. The maximum absolute atomic E-state index is 12.7. The maximum Gasteiger partial charge on any atom is 0.274 e. The molecule has 1 amide bonds. The summed E-state index contributed by atoms with van der Waals surface area (Å²) in [6.07, 6.45) is 6.14. The van der Waals surface area contributed by atoms with Gasteiger partial charge in [0.25, 0.3) is 5.91 Å². The van der Waals surface area contributed by atoms with Crippen molar-refractivity contribution in [2.45, 2.75) is 43.8 Å². The number of nitrogens with one attached hydrogen (secondary N) is 2. The van der Waals surface area contributed by atoms with E-state index < -0.39 is 0 Å². The van der Waals surface area contributed by atoms with Crippen LogP contribution in [0.2, 0.25) is 0 Å². The van der Waals surface area contributed by atoms with Crippen LogP contribution in [0.4, 0.5) is 0 Å². The van der Waals surface area contributed by atoms with E-state index in [9.17, 15) is 4.79 Å². The lowest BCUT2D eigenvalue weighted by Crippen LogP contribution is -2.48. The van der Waals surface area contributed by atoms with Crippen LogP contribution in [0.3, 0.4) is 0 Å². The number of hydrogen-bond acceptors (Lipinski definition) is 4. The summed E-state index contributed by atoms with van der Waals surface area (Å²) in [5, 5.41) is 10.6. The Kier molecular flexibility index (Phi) is 4.46. The van der Waals surface area contributed by atoms with E-state index >= 15 is 0 Å². The number of rotatable bonds is 3. The number of furan rings is 1. The number of hydrogen-bond donors (Lipinski definition) is 2. The summed E-state index contributed by atoms with van der Waals surface area (Å²) in [7, 11) is 1.89. The Morgan fingerprint density at radius 1 is 1.35 bits per heavy atom. The topological polar surface area (TPSA) is 74.2 Å². The second-order valence-corrected chi connectivity index (χ2v) is 6.32. The molecule has 0 radical (unpaired) electrons. The summed E-state index contributed by atoms with van der Waals surface area (Å²) in [5.41, 5.74) is 1.17. The molecule has 2 aliphatic rings. The summed E-state index contributed by atoms with van der Waals surface area (Å²) in [6, 6.07) is 6.85. The fraction of sp³-hybridized carbons (Fsp3) is 0.500. The highest BCUT2D eigenvalue weighted by atomic mass is 35.5. The standard InChI is InChI=1S/C16H20N4O2.ClH/c1-20(12-7-10-4-5-11(8-12)17-10)16(21)14-9-13(18-19-14)15-3-2-6-22-15;/h2-3,6,9-12,17H,4-5,7-8H2,1H3,(H,18,19);1H. The fourth-order valence-corrected chi connectivity index (χ4v) is 3.68. The Bertz CT molecular complexity index is 657. The minimum Gasteiger partial charge on any atom is -0.463 e. The molecule has 23 heavy (non-hydrogen) atoms. The van der Waals surface area contributed by atoms with Crippen molar-refractivity contribution in [1.29, 1.82) is 0 Å². The molecule has 6 nitrogen and oxygen atoms in total. The van der Waals surface area contributed by atoms with E-state index in [-0.39, 0.29) is 18.3 Å². The molecule has 0 aliphatic carbocycles. The van der Waals surface area contributed by atoms with Crippen molar-refractivity contribution in [3.05, 3.63) is 30.2 Å². The molecule has 2 atom stereocenters. The van der Waals surface area contributed by atoms with Crippen LogP contribution in [0, 0.1) is 0 Å². The summed E-state index contributed by atoms with van der Waals surface area (Å²) in [6.45, 7) is 0. The van der Waals surface area contributed by atoms with Gasteiger partial charge in [-0.3, -0.25) is 9.89 Å². The van der Waals surface area contributed by atoms with E-state index in [0.29, 0.717) is 29.6 Å². The van der Waals surface area contributed by atoms with E-state index in [1.807, 2.05) is 24.1 Å². The minimum absolute atomic E-state index is 0. The normalized spacial score (nSPS) is 25.9. The first-order valence-corrected chi connectivity index (χ1v) is 7.83. The molecule has 2 N–H and O–H groups in total. The fourth-order valence-electron chi connectivity index (χ4n) is 3.68. The van der Waals surface area contributed by atoms with Crippen LogP contribution in [0.1, 0.15) is 36.2 Å². The number of fused-ring (bicyclic) bond motifs is 2.